The Balaban J connectivity index is 2.34. The molecule has 0 radical (unpaired) electrons. The Kier molecular flexibility index (Phi) is 9.43. The predicted molar refractivity (Wildman–Crippen MR) is 93.2 cm³/mol. The molecule has 1 rings (SSSR count). The molecule has 0 aliphatic rings. The number of hydrogen-bond donors (Lipinski definition) is 1. The smallest absolute Gasteiger partial charge is 0.141 e. The van der Waals surface area contributed by atoms with Gasteiger partial charge in [-0.1, -0.05) is 51.0 Å². The SMILES string of the molecule is CCCCC/C=C/CC[C@H](CC)Nc1ccccc1OC. The molecule has 0 aromatic heterocycles. The van der Waals surface area contributed by atoms with Crippen LogP contribution in [-0.2, 0) is 0 Å². The molecular formula is C19H31NO. The zero-order chi connectivity index (χ0) is 15.3. The van der Waals surface area contributed by atoms with Gasteiger partial charge in [0.25, 0.3) is 0 Å². The standard InChI is InChI=1S/C19H31NO/c1-4-6-7-8-9-10-11-14-17(5-2)20-18-15-12-13-16-19(18)21-3/h9-10,12-13,15-17,20H,4-8,11,14H2,1-3H3/b10-9+/t17-/m0/s1. The van der Waals surface area contributed by atoms with Crippen molar-refractivity contribution >= 4 is 5.69 Å². The first-order chi connectivity index (χ1) is 10.3. The number of para-hydroxylation sites is 2. The maximum atomic E-state index is 5.39. The molecule has 1 N–H and O–H groups in total. The zero-order valence-corrected chi connectivity index (χ0v) is 13.9. The topological polar surface area (TPSA) is 21.3 Å². The van der Waals surface area contributed by atoms with Crippen molar-refractivity contribution in [2.24, 2.45) is 0 Å². The van der Waals surface area contributed by atoms with Gasteiger partial charge >= 0.3 is 0 Å². The lowest BCUT2D eigenvalue weighted by molar-refractivity contribution is 0.415. The predicted octanol–water partition coefficient (Wildman–Crippen LogP) is 5.80. The van der Waals surface area contributed by atoms with Crippen LogP contribution < -0.4 is 10.1 Å². The van der Waals surface area contributed by atoms with Crippen LogP contribution in [0, 0.1) is 0 Å². The summed E-state index contributed by atoms with van der Waals surface area (Å²) >= 11 is 0. The van der Waals surface area contributed by atoms with Crippen molar-refractivity contribution in [1.29, 1.82) is 0 Å². The van der Waals surface area contributed by atoms with Crippen molar-refractivity contribution in [3.63, 3.8) is 0 Å². The fourth-order valence-electron chi connectivity index (χ4n) is 2.41. The Morgan fingerprint density at radius 3 is 2.57 bits per heavy atom. The number of nitrogens with one attached hydrogen (secondary N) is 1. The lowest BCUT2D eigenvalue weighted by Crippen LogP contribution is -2.18. The number of ether oxygens (including phenoxy) is 1. The highest BCUT2D eigenvalue weighted by atomic mass is 16.5. The van der Waals surface area contributed by atoms with E-state index in [1.807, 2.05) is 18.2 Å². The first kappa shape index (κ1) is 17.6. The minimum atomic E-state index is 0.501. The van der Waals surface area contributed by atoms with Crippen molar-refractivity contribution in [1.82, 2.24) is 0 Å². The van der Waals surface area contributed by atoms with E-state index in [0.29, 0.717) is 6.04 Å². The second-order valence-electron chi connectivity index (χ2n) is 5.49. The largest absolute Gasteiger partial charge is 0.495 e. The molecule has 0 unspecified atom stereocenters. The quantitative estimate of drug-likeness (QED) is 0.410. The summed E-state index contributed by atoms with van der Waals surface area (Å²) in [5, 5.41) is 3.60. The molecule has 0 bridgehead atoms. The van der Waals surface area contributed by atoms with Gasteiger partial charge in [-0.05, 0) is 44.2 Å². The summed E-state index contributed by atoms with van der Waals surface area (Å²) < 4.78 is 5.39. The fourth-order valence-corrected chi connectivity index (χ4v) is 2.41. The third kappa shape index (κ3) is 7.22. The highest BCUT2D eigenvalue weighted by molar-refractivity contribution is 5.56. The van der Waals surface area contributed by atoms with Gasteiger partial charge in [-0.3, -0.25) is 0 Å². The number of anilines is 1. The van der Waals surface area contributed by atoms with Crippen LogP contribution in [0.25, 0.3) is 0 Å². The first-order valence-electron chi connectivity index (χ1n) is 8.36. The molecule has 2 nitrogen and oxygen atoms in total. The van der Waals surface area contributed by atoms with Crippen LogP contribution in [-0.4, -0.2) is 13.2 Å². The summed E-state index contributed by atoms with van der Waals surface area (Å²) in [5.41, 5.74) is 1.10. The number of unbranched alkanes of at least 4 members (excludes halogenated alkanes) is 3. The van der Waals surface area contributed by atoms with E-state index in [1.165, 1.54) is 32.1 Å². The summed E-state index contributed by atoms with van der Waals surface area (Å²) in [6.07, 6.45) is 13.3. The van der Waals surface area contributed by atoms with Gasteiger partial charge in [-0.25, -0.2) is 0 Å². The third-order valence-corrected chi connectivity index (χ3v) is 3.78. The third-order valence-electron chi connectivity index (χ3n) is 3.78. The van der Waals surface area contributed by atoms with E-state index in [-0.39, 0.29) is 0 Å². The van der Waals surface area contributed by atoms with Crippen LogP contribution in [0.4, 0.5) is 5.69 Å². The van der Waals surface area contributed by atoms with Crippen LogP contribution in [0.3, 0.4) is 0 Å². The molecule has 0 heterocycles. The molecule has 2 heteroatoms. The molecule has 0 aliphatic heterocycles. The minimum Gasteiger partial charge on any atom is -0.495 e. The van der Waals surface area contributed by atoms with Crippen molar-refractivity contribution in [2.45, 2.75) is 64.8 Å². The van der Waals surface area contributed by atoms with Crippen molar-refractivity contribution in [2.75, 3.05) is 12.4 Å². The van der Waals surface area contributed by atoms with Gasteiger partial charge < -0.3 is 10.1 Å². The normalized spacial score (nSPS) is 12.5. The first-order valence-corrected chi connectivity index (χ1v) is 8.36. The van der Waals surface area contributed by atoms with Crippen molar-refractivity contribution < 1.29 is 4.74 Å². The lowest BCUT2D eigenvalue weighted by atomic mass is 10.1. The van der Waals surface area contributed by atoms with Crippen LogP contribution in [0.1, 0.15) is 58.8 Å². The molecule has 0 saturated heterocycles. The molecular weight excluding hydrogens is 258 g/mol. The van der Waals surface area contributed by atoms with Gasteiger partial charge in [0.2, 0.25) is 0 Å². The average molecular weight is 289 g/mol. The molecule has 1 aromatic rings. The summed E-state index contributed by atoms with van der Waals surface area (Å²) in [7, 11) is 1.72. The molecule has 0 spiro atoms. The highest BCUT2D eigenvalue weighted by Gasteiger charge is 2.08. The number of benzene rings is 1. The van der Waals surface area contributed by atoms with E-state index in [4.69, 9.17) is 4.74 Å². The van der Waals surface area contributed by atoms with E-state index in [2.05, 4.69) is 37.4 Å². The van der Waals surface area contributed by atoms with E-state index < -0.39 is 0 Å². The second kappa shape index (κ2) is 11.2. The zero-order valence-electron chi connectivity index (χ0n) is 13.9. The molecule has 0 saturated carbocycles. The van der Waals surface area contributed by atoms with Gasteiger partial charge in [0.05, 0.1) is 12.8 Å². The van der Waals surface area contributed by atoms with Crippen LogP contribution in [0.15, 0.2) is 36.4 Å². The number of allylic oxidation sites excluding steroid dienone is 2. The molecule has 1 atom stereocenters. The van der Waals surface area contributed by atoms with Gasteiger partial charge in [0.1, 0.15) is 5.75 Å². The Bertz CT molecular complexity index is 400. The molecule has 0 amide bonds. The maximum absolute atomic E-state index is 5.39. The number of rotatable bonds is 11. The lowest BCUT2D eigenvalue weighted by Gasteiger charge is -2.19. The van der Waals surface area contributed by atoms with Crippen LogP contribution >= 0.6 is 0 Å². The van der Waals surface area contributed by atoms with Crippen molar-refractivity contribution in [3.05, 3.63) is 36.4 Å². The summed E-state index contributed by atoms with van der Waals surface area (Å²) in [5.74, 6) is 0.922. The van der Waals surface area contributed by atoms with E-state index in [0.717, 1.165) is 24.3 Å². The van der Waals surface area contributed by atoms with Crippen molar-refractivity contribution in [3.8, 4) is 5.75 Å². The Morgan fingerprint density at radius 1 is 1.10 bits per heavy atom. The number of hydrogen-bond acceptors (Lipinski definition) is 2. The summed E-state index contributed by atoms with van der Waals surface area (Å²) in [6, 6.07) is 8.64. The van der Waals surface area contributed by atoms with Gasteiger partial charge in [0, 0.05) is 6.04 Å². The van der Waals surface area contributed by atoms with E-state index >= 15 is 0 Å². The Labute approximate surface area is 130 Å². The monoisotopic (exact) mass is 289 g/mol. The molecule has 21 heavy (non-hydrogen) atoms. The van der Waals surface area contributed by atoms with Crippen LogP contribution in [0.5, 0.6) is 5.75 Å². The average Bonchev–Trinajstić information content (AvgIpc) is 2.53. The fraction of sp³-hybridized carbons (Fsp3) is 0.579. The highest BCUT2D eigenvalue weighted by Crippen LogP contribution is 2.25. The Morgan fingerprint density at radius 2 is 1.86 bits per heavy atom. The maximum Gasteiger partial charge on any atom is 0.141 e. The molecule has 118 valence electrons. The molecule has 0 aliphatic carbocycles. The summed E-state index contributed by atoms with van der Waals surface area (Å²) in [6.45, 7) is 4.48. The van der Waals surface area contributed by atoms with Gasteiger partial charge in [-0.2, -0.15) is 0 Å². The molecule has 0 fully saturated rings. The van der Waals surface area contributed by atoms with Crippen LogP contribution in [0.2, 0.25) is 0 Å². The van der Waals surface area contributed by atoms with E-state index in [1.54, 1.807) is 7.11 Å². The van der Waals surface area contributed by atoms with Gasteiger partial charge in [-0.15, -0.1) is 0 Å². The number of methoxy groups -OCH3 is 1. The molecule has 1 aromatic carbocycles. The minimum absolute atomic E-state index is 0.501. The Hall–Kier alpha value is -1.44. The summed E-state index contributed by atoms with van der Waals surface area (Å²) in [4.78, 5) is 0. The van der Waals surface area contributed by atoms with Gasteiger partial charge in [0.15, 0.2) is 0 Å². The van der Waals surface area contributed by atoms with E-state index in [9.17, 15) is 0 Å². The second-order valence-corrected chi connectivity index (χ2v) is 5.49.